The van der Waals surface area contributed by atoms with Gasteiger partial charge in [0.1, 0.15) is 16.9 Å². The van der Waals surface area contributed by atoms with Crippen molar-refractivity contribution in [3.63, 3.8) is 0 Å². The van der Waals surface area contributed by atoms with Gasteiger partial charge in [-0.25, -0.2) is 9.78 Å². The van der Waals surface area contributed by atoms with E-state index in [4.69, 9.17) is 19.9 Å². The van der Waals surface area contributed by atoms with Gasteiger partial charge in [0, 0.05) is 17.1 Å². The number of amides is 1. The molecular formula is C27H25BrN4O4. The minimum Gasteiger partial charge on any atom is -0.497 e. The molecule has 1 amide bonds. The van der Waals surface area contributed by atoms with Crippen molar-refractivity contribution in [2.24, 2.45) is 11.7 Å². The number of allylic oxidation sites excluding steroid dienone is 4. The van der Waals surface area contributed by atoms with Gasteiger partial charge in [0.15, 0.2) is 0 Å². The number of rotatable bonds is 6. The number of primary amides is 1. The molecule has 3 N–H and O–H groups in total. The van der Waals surface area contributed by atoms with E-state index in [1.807, 2.05) is 30.3 Å². The van der Waals surface area contributed by atoms with Crippen molar-refractivity contribution < 1.29 is 13.9 Å². The van der Waals surface area contributed by atoms with Crippen LogP contribution in [-0.4, -0.2) is 22.6 Å². The predicted molar refractivity (Wildman–Crippen MR) is 144 cm³/mol. The lowest BCUT2D eigenvalue weighted by atomic mass is 9.98. The third kappa shape index (κ3) is 4.42. The van der Waals surface area contributed by atoms with E-state index in [1.165, 1.54) is 0 Å². The lowest BCUT2D eigenvalue weighted by Crippen LogP contribution is -2.22. The number of carbonyl (C=O) groups is 1. The number of imidazole rings is 1. The van der Waals surface area contributed by atoms with E-state index in [9.17, 15) is 9.59 Å². The minimum atomic E-state index is -0.814. The first-order valence-corrected chi connectivity index (χ1v) is 12.3. The Morgan fingerprint density at radius 2 is 2.06 bits per heavy atom. The molecule has 0 saturated carbocycles. The fourth-order valence-electron chi connectivity index (χ4n) is 4.63. The summed E-state index contributed by atoms with van der Waals surface area (Å²) in [7, 11) is 1.63. The zero-order valence-corrected chi connectivity index (χ0v) is 21.7. The first kappa shape index (κ1) is 23.9. The molecule has 5 rings (SSSR count). The Bertz CT molecular complexity index is 1630. The highest BCUT2D eigenvalue weighted by molar-refractivity contribution is 9.11. The standard InChI is InChI=1S/C27H25BrN4O4/c1-14-8-16(10-17(28)9-14)13-32-22-12-23-20(15(2)24(25(29)33)26(34)36-23)11-21(22)31-27(32)30-18-4-6-19(35-3)7-5-18/h4-8,10-12,14H,9,13H2,1-3H3,(H2,29,33)(H,30,31). The molecule has 0 aliphatic heterocycles. The van der Waals surface area contributed by atoms with E-state index in [1.54, 1.807) is 20.1 Å². The second-order valence-corrected chi connectivity index (χ2v) is 10.00. The molecular weight excluding hydrogens is 524 g/mol. The molecule has 1 aliphatic rings. The third-order valence-corrected chi connectivity index (χ3v) is 6.88. The number of nitrogens with two attached hydrogens (primary N) is 1. The Morgan fingerprint density at radius 1 is 1.31 bits per heavy atom. The van der Waals surface area contributed by atoms with Gasteiger partial charge < -0.3 is 24.8 Å². The minimum absolute atomic E-state index is 0.144. The highest BCUT2D eigenvalue weighted by Crippen LogP contribution is 2.32. The summed E-state index contributed by atoms with van der Waals surface area (Å²) >= 11 is 3.66. The molecule has 0 bridgehead atoms. The topological polar surface area (TPSA) is 112 Å². The quantitative estimate of drug-likeness (QED) is 0.305. The number of ether oxygens (including phenoxy) is 1. The van der Waals surface area contributed by atoms with Crippen LogP contribution in [0.5, 0.6) is 5.75 Å². The molecule has 4 aromatic rings. The summed E-state index contributed by atoms with van der Waals surface area (Å²) in [5.41, 5.74) is 8.85. The number of fused-ring (bicyclic) bond motifs is 2. The second-order valence-electron chi connectivity index (χ2n) is 8.98. The van der Waals surface area contributed by atoms with Crippen LogP contribution in [0, 0.1) is 12.8 Å². The van der Waals surface area contributed by atoms with Gasteiger partial charge in [-0.15, -0.1) is 0 Å². The van der Waals surface area contributed by atoms with E-state index in [2.05, 4.69) is 44.9 Å². The van der Waals surface area contributed by atoms with Crippen LogP contribution in [0.1, 0.15) is 29.3 Å². The molecule has 2 aromatic carbocycles. The lowest BCUT2D eigenvalue weighted by Gasteiger charge is -2.18. The van der Waals surface area contributed by atoms with Crippen LogP contribution in [0.3, 0.4) is 0 Å². The molecule has 2 heterocycles. The fraction of sp³-hybridized carbons (Fsp3) is 0.222. The maximum absolute atomic E-state index is 12.5. The van der Waals surface area contributed by atoms with Crippen molar-refractivity contribution in [1.29, 1.82) is 0 Å². The van der Waals surface area contributed by atoms with E-state index in [0.29, 0.717) is 40.5 Å². The molecule has 8 nitrogen and oxygen atoms in total. The number of halogens is 1. The smallest absolute Gasteiger partial charge is 0.349 e. The van der Waals surface area contributed by atoms with Crippen LogP contribution in [0.4, 0.5) is 11.6 Å². The number of methoxy groups -OCH3 is 1. The Balaban J connectivity index is 1.69. The molecule has 9 heteroatoms. The Hall–Kier alpha value is -3.85. The van der Waals surface area contributed by atoms with Crippen molar-refractivity contribution in [2.45, 2.75) is 26.8 Å². The zero-order chi connectivity index (χ0) is 25.6. The average Bonchev–Trinajstić information content (AvgIpc) is 3.13. The molecule has 1 unspecified atom stereocenters. The normalized spacial score (nSPS) is 15.6. The van der Waals surface area contributed by atoms with Crippen molar-refractivity contribution >= 4 is 55.5 Å². The van der Waals surface area contributed by atoms with Gasteiger partial charge in [-0.05, 0) is 71.3 Å². The van der Waals surface area contributed by atoms with Gasteiger partial charge in [0.05, 0.1) is 24.7 Å². The van der Waals surface area contributed by atoms with E-state index in [-0.39, 0.29) is 5.56 Å². The van der Waals surface area contributed by atoms with Gasteiger partial charge in [0.2, 0.25) is 5.95 Å². The van der Waals surface area contributed by atoms with Gasteiger partial charge >= 0.3 is 5.63 Å². The van der Waals surface area contributed by atoms with Crippen molar-refractivity contribution in [3.05, 3.63) is 80.2 Å². The maximum Gasteiger partial charge on any atom is 0.349 e. The van der Waals surface area contributed by atoms with Crippen LogP contribution in [0.15, 0.2) is 67.8 Å². The Labute approximate surface area is 215 Å². The number of aryl methyl sites for hydroxylation is 1. The Kier molecular flexibility index (Phi) is 6.17. The molecule has 0 radical (unpaired) electrons. The fourth-order valence-corrected chi connectivity index (χ4v) is 5.44. The molecule has 0 fully saturated rings. The Morgan fingerprint density at radius 3 is 2.72 bits per heavy atom. The summed E-state index contributed by atoms with van der Waals surface area (Å²) < 4.78 is 14.0. The zero-order valence-electron chi connectivity index (χ0n) is 20.1. The number of anilines is 2. The summed E-state index contributed by atoms with van der Waals surface area (Å²) in [6.07, 6.45) is 5.34. The number of benzene rings is 2. The van der Waals surface area contributed by atoms with E-state index < -0.39 is 11.5 Å². The number of hydrogen-bond donors (Lipinski definition) is 2. The molecule has 184 valence electrons. The second kappa shape index (κ2) is 9.31. The van der Waals surface area contributed by atoms with Gasteiger partial charge in [-0.3, -0.25) is 4.79 Å². The van der Waals surface area contributed by atoms with Crippen LogP contribution in [0.25, 0.3) is 22.0 Å². The van der Waals surface area contributed by atoms with Crippen molar-refractivity contribution in [2.75, 3.05) is 12.4 Å². The first-order chi connectivity index (χ1) is 17.2. The largest absolute Gasteiger partial charge is 0.497 e. The molecule has 0 spiro atoms. The van der Waals surface area contributed by atoms with Crippen LogP contribution < -0.4 is 21.4 Å². The maximum atomic E-state index is 12.5. The first-order valence-electron chi connectivity index (χ1n) is 11.5. The number of carbonyl (C=O) groups excluding carboxylic acids is 1. The van der Waals surface area contributed by atoms with Crippen LogP contribution in [-0.2, 0) is 6.54 Å². The number of nitrogens with one attached hydrogen (secondary N) is 1. The summed E-state index contributed by atoms with van der Waals surface area (Å²) in [6, 6.07) is 11.2. The number of hydrogen-bond acceptors (Lipinski definition) is 6. The third-order valence-electron chi connectivity index (χ3n) is 6.33. The van der Waals surface area contributed by atoms with Gasteiger partial charge in [-0.2, -0.15) is 0 Å². The van der Waals surface area contributed by atoms with Crippen molar-refractivity contribution in [1.82, 2.24) is 9.55 Å². The SMILES string of the molecule is COc1ccc(Nc2nc3cc4c(C)c(C(N)=O)c(=O)oc4cc3n2CC2=CC(C)CC(Br)=C2)cc1. The monoisotopic (exact) mass is 548 g/mol. The van der Waals surface area contributed by atoms with E-state index >= 15 is 0 Å². The predicted octanol–water partition coefficient (Wildman–Crippen LogP) is 5.55. The summed E-state index contributed by atoms with van der Waals surface area (Å²) in [5.74, 6) is 0.976. The summed E-state index contributed by atoms with van der Waals surface area (Å²) in [4.78, 5) is 29.2. The molecule has 1 aliphatic carbocycles. The molecule has 36 heavy (non-hydrogen) atoms. The molecule has 1 atom stereocenters. The number of nitrogens with zero attached hydrogens (tertiary/aromatic N) is 2. The summed E-state index contributed by atoms with van der Waals surface area (Å²) in [6.45, 7) is 4.43. The van der Waals surface area contributed by atoms with E-state index in [0.717, 1.165) is 33.4 Å². The van der Waals surface area contributed by atoms with Crippen molar-refractivity contribution in [3.8, 4) is 5.75 Å². The van der Waals surface area contributed by atoms with Crippen LogP contribution >= 0.6 is 15.9 Å². The number of aromatic nitrogens is 2. The average molecular weight is 549 g/mol. The summed E-state index contributed by atoms with van der Waals surface area (Å²) in [5, 5.41) is 4.02. The van der Waals surface area contributed by atoms with Crippen LogP contribution in [0.2, 0.25) is 0 Å². The molecule has 0 saturated heterocycles. The lowest BCUT2D eigenvalue weighted by molar-refractivity contribution is 0.0996. The highest BCUT2D eigenvalue weighted by Gasteiger charge is 2.20. The van der Waals surface area contributed by atoms with Gasteiger partial charge in [0.25, 0.3) is 5.91 Å². The molecule has 2 aromatic heterocycles. The highest BCUT2D eigenvalue weighted by atomic mass is 79.9. The van der Waals surface area contributed by atoms with Gasteiger partial charge in [-0.1, -0.05) is 28.9 Å².